The highest BCUT2D eigenvalue weighted by Gasteiger charge is 2.44. The molecule has 0 radical (unpaired) electrons. The van der Waals surface area contributed by atoms with Gasteiger partial charge in [0.05, 0.1) is 12.7 Å². The van der Waals surface area contributed by atoms with Crippen LogP contribution in [0.3, 0.4) is 0 Å². The van der Waals surface area contributed by atoms with E-state index in [1.165, 1.54) is 0 Å². The van der Waals surface area contributed by atoms with E-state index in [9.17, 15) is 9.90 Å². The summed E-state index contributed by atoms with van der Waals surface area (Å²) in [6, 6.07) is 12.7. The van der Waals surface area contributed by atoms with Crippen LogP contribution < -0.4 is 9.47 Å². The summed E-state index contributed by atoms with van der Waals surface area (Å²) >= 11 is 0. The first kappa shape index (κ1) is 12.5. The molecule has 3 rings (SSSR count). The van der Waals surface area contributed by atoms with Gasteiger partial charge in [0, 0.05) is 5.56 Å². The number of rotatable bonds is 2. The maximum Gasteiger partial charge on any atom is 0.352 e. The molecule has 2 aromatic rings. The molecule has 4 nitrogen and oxygen atoms in total. The molecular formula is C16H14O4. The summed E-state index contributed by atoms with van der Waals surface area (Å²) in [7, 11) is 1.59. The van der Waals surface area contributed by atoms with Gasteiger partial charge in [0.25, 0.3) is 0 Å². The Balaban J connectivity index is 2.35. The Morgan fingerprint density at radius 3 is 2.65 bits per heavy atom. The average Bonchev–Trinajstić information content (AvgIpc) is 2.46. The van der Waals surface area contributed by atoms with E-state index in [1.807, 2.05) is 24.3 Å². The van der Waals surface area contributed by atoms with Crippen LogP contribution in [0.4, 0.5) is 0 Å². The lowest BCUT2D eigenvalue weighted by atomic mass is 9.85. The van der Waals surface area contributed by atoms with Gasteiger partial charge < -0.3 is 14.6 Å². The molecule has 0 aromatic heterocycles. The minimum Gasteiger partial charge on any atom is -0.496 e. The smallest absolute Gasteiger partial charge is 0.352 e. The van der Waals surface area contributed by atoms with E-state index in [0.29, 0.717) is 17.1 Å². The zero-order valence-electron chi connectivity index (χ0n) is 11.2. The first-order chi connectivity index (χ1) is 9.58. The lowest BCUT2D eigenvalue weighted by Gasteiger charge is -2.34. The van der Waals surface area contributed by atoms with Crippen molar-refractivity contribution in [3.05, 3.63) is 48.0 Å². The highest BCUT2D eigenvalue weighted by molar-refractivity contribution is 5.89. The normalized spacial score (nSPS) is 19.5. The predicted octanol–water partition coefficient (Wildman–Crippen LogP) is 3.05. The fourth-order valence-corrected chi connectivity index (χ4v) is 2.58. The van der Waals surface area contributed by atoms with Crippen LogP contribution in [0.2, 0.25) is 0 Å². The predicted molar refractivity (Wildman–Crippen MR) is 74.0 cm³/mol. The average molecular weight is 270 g/mol. The summed E-state index contributed by atoms with van der Waals surface area (Å²) in [6.45, 7) is 1.57. The number of hydrogen-bond donors (Lipinski definition) is 1. The van der Waals surface area contributed by atoms with Crippen molar-refractivity contribution in [3.8, 4) is 22.6 Å². The molecular weight excluding hydrogens is 256 g/mol. The largest absolute Gasteiger partial charge is 0.496 e. The molecule has 1 atom stereocenters. The van der Waals surface area contributed by atoms with Gasteiger partial charge in [-0.25, -0.2) is 4.79 Å². The Labute approximate surface area is 116 Å². The third-order valence-corrected chi connectivity index (χ3v) is 3.64. The molecule has 0 bridgehead atoms. The second kappa shape index (κ2) is 4.27. The third-order valence-electron chi connectivity index (χ3n) is 3.64. The number of methoxy groups -OCH3 is 1. The molecule has 20 heavy (non-hydrogen) atoms. The Hall–Kier alpha value is -2.49. The van der Waals surface area contributed by atoms with Gasteiger partial charge in [-0.2, -0.15) is 0 Å². The molecule has 4 heteroatoms. The minimum atomic E-state index is -1.39. The fraction of sp³-hybridized carbons (Fsp3) is 0.188. The zero-order valence-corrected chi connectivity index (χ0v) is 11.2. The Morgan fingerprint density at radius 2 is 1.95 bits per heavy atom. The van der Waals surface area contributed by atoms with Crippen LogP contribution in [0.25, 0.3) is 11.1 Å². The zero-order chi connectivity index (χ0) is 14.3. The molecule has 0 amide bonds. The standard InChI is InChI=1S/C16H14O4/c1-16(15(17)18)11-7-4-3-6-10(11)14-12(19-2)8-5-9-13(14)20-16/h3-9H,1-2H3,(H,17,18). The first-order valence-electron chi connectivity index (χ1n) is 6.27. The summed E-state index contributed by atoms with van der Waals surface area (Å²) in [4.78, 5) is 11.6. The number of fused-ring (bicyclic) bond motifs is 3. The van der Waals surface area contributed by atoms with Gasteiger partial charge in [-0.3, -0.25) is 0 Å². The van der Waals surface area contributed by atoms with E-state index in [1.54, 1.807) is 32.2 Å². The van der Waals surface area contributed by atoms with E-state index >= 15 is 0 Å². The Morgan fingerprint density at radius 1 is 1.20 bits per heavy atom. The molecule has 102 valence electrons. The van der Waals surface area contributed by atoms with Crippen LogP contribution >= 0.6 is 0 Å². The van der Waals surface area contributed by atoms with Crippen LogP contribution in [0.1, 0.15) is 12.5 Å². The minimum absolute atomic E-state index is 0.521. The van der Waals surface area contributed by atoms with Crippen LogP contribution in [0.15, 0.2) is 42.5 Å². The topological polar surface area (TPSA) is 55.8 Å². The lowest BCUT2D eigenvalue weighted by molar-refractivity contribution is -0.154. The highest BCUT2D eigenvalue weighted by atomic mass is 16.5. The van der Waals surface area contributed by atoms with Crippen LogP contribution in [0, 0.1) is 0 Å². The molecule has 0 aliphatic carbocycles. The summed E-state index contributed by atoms with van der Waals surface area (Å²) in [5.41, 5.74) is 0.862. The van der Waals surface area contributed by atoms with E-state index in [-0.39, 0.29) is 0 Å². The van der Waals surface area contributed by atoms with E-state index in [2.05, 4.69) is 0 Å². The van der Waals surface area contributed by atoms with Gasteiger partial charge in [-0.15, -0.1) is 0 Å². The lowest BCUT2D eigenvalue weighted by Crippen LogP contribution is -2.40. The van der Waals surface area contributed by atoms with Gasteiger partial charge in [-0.1, -0.05) is 30.3 Å². The molecule has 2 aromatic carbocycles. The van der Waals surface area contributed by atoms with Crippen molar-refractivity contribution >= 4 is 5.97 Å². The number of aliphatic carboxylic acids is 1. The molecule has 1 N–H and O–H groups in total. The Kier molecular flexibility index (Phi) is 2.67. The summed E-state index contributed by atoms with van der Waals surface area (Å²) in [6.07, 6.45) is 0. The summed E-state index contributed by atoms with van der Waals surface area (Å²) in [5, 5.41) is 9.54. The van der Waals surface area contributed by atoms with Gasteiger partial charge >= 0.3 is 5.97 Å². The highest BCUT2D eigenvalue weighted by Crippen LogP contribution is 2.49. The van der Waals surface area contributed by atoms with Crippen molar-refractivity contribution in [2.24, 2.45) is 0 Å². The van der Waals surface area contributed by atoms with Crippen LogP contribution in [-0.2, 0) is 10.4 Å². The second-order valence-corrected chi connectivity index (χ2v) is 4.82. The van der Waals surface area contributed by atoms with Crippen molar-refractivity contribution in [2.45, 2.75) is 12.5 Å². The molecule has 0 saturated carbocycles. The van der Waals surface area contributed by atoms with Crippen molar-refractivity contribution in [3.63, 3.8) is 0 Å². The van der Waals surface area contributed by atoms with Crippen molar-refractivity contribution < 1.29 is 19.4 Å². The SMILES string of the molecule is COc1cccc2c1-c1ccccc1C(C)(C(=O)O)O2. The van der Waals surface area contributed by atoms with Gasteiger partial charge in [0.2, 0.25) is 5.60 Å². The molecule has 1 heterocycles. The molecule has 1 aliphatic rings. The number of ether oxygens (including phenoxy) is 2. The van der Waals surface area contributed by atoms with Crippen molar-refractivity contribution in [2.75, 3.05) is 7.11 Å². The van der Waals surface area contributed by atoms with E-state index in [4.69, 9.17) is 9.47 Å². The van der Waals surface area contributed by atoms with Crippen LogP contribution in [-0.4, -0.2) is 18.2 Å². The maximum atomic E-state index is 11.6. The van der Waals surface area contributed by atoms with E-state index < -0.39 is 11.6 Å². The fourth-order valence-electron chi connectivity index (χ4n) is 2.58. The monoisotopic (exact) mass is 270 g/mol. The number of carbonyl (C=O) groups is 1. The third kappa shape index (κ3) is 1.58. The summed E-state index contributed by atoms with van der Waals surface area (Å²) in [5.74, 6) is 0.175. The number of carboxylic acid groups (broad SMARTS) is 1. The quantitative estimate of drug-likeness (QED) is 0.911. The Bertz CT molecular complexity index is 693. The van der Waals surface area contributed by atoms with Crippen LogP contribution in [0.5, 0.6) is 11.5 Å². The summed E-state index contributed by atoms with van der Waals surface area (Å²) < 4.78 is 11.1. The number of benzene rings is 2. The molecule has 0 spiro atoms. The first-order valence-corrected chi connectivity index (χ1v) is 6.27. The van der Waals surface area contributed by atoms with Gasteiger partial charge in [0.1, 0.15) is 11.5 Å². The molecule has 0 saturated heterocycles. The van der Waals surface area contributed by atoms with Crippen molar-refractivity contribution in [1.82, 2.24) is 0 Å². The second-order valence-electron chi connectivity index (χ2n) is 4.82. The van der Waals surface area contributed by atoms with Gasteiger partial charge in [-0.05, 0) is 24.6 Å². The number of carboxylic acids is 1. The van der Waals surface area contributed by atoms with E-state index in [0.717, 1.165) is 11.1 Å². The molecule has 0 fully saturated rings. The number of hydrogen-bond acceptors (Lipinski definition) is 3. The van der Waals surface area contributed by atoms with Gasteiger partial charge in [0.15, 0.2) is 0 Å². The van der Waals surface area contributed by atoms with Crippen molar-refractivity contribution in [1.29, 1.82) is 0 Å². The molecule has 1 unspecified atom stereocenters. The molecule has 1 aliphatic heterocycles. The maximum absolute atomic E-state index is 11.6.